The number of aromatic hydroxyl groups is 1. The average Bonchev–Trinajstić information content (AvgIpc) is 3.45. The molecule has 1 fully saturated rings. The Labute approximate surface area is 281 Å². The number of para-hydroxylation sites is 1. The minimum atomic E-state index is -1.11. The monoisotopic (exact) mass is 675 g/mol. The molecular formula is C35H35ClFN5O4S. The van der Waals surface area contributed by atoms with E-state index in [-0.39, 0.29) is 18.0 Å². The maximum atomic E-state index is 14.0. The number of benzene rings is 3. The van der Waals surface area contributed by atoms with E-state index in [9.17, 15) is 19.4 Å². The summed E-state index contributed by atoms with van der Waals surface area (Å²) in [5.74, 6) is -0.551. The molecule has 12 heteroatoms. The number of fused-ring (bicyclic) bond motifs is 1. The number of hydrogen-bond acceptors (Lipinski definition) is 9. The van der Waals surface area contributed by atoms with Crippen LogP contribution in [0.25, 0.3) is 31.8 Å². The fraction of sp³-hybridized carbons (Fsp3) is 0.286. The summed E-state index contributed by atoms with van der Waals surface area (Å²) in [7, 11) is 2.13. The van der Waals surface area contributed by atoms with E-state index < -0.39 is 12.0 Å². The second-order valence-electron chi connectivity index (χ2n) is 11.6. The van der Waals surface area contributed by atoms with Gasteiger partial charge >= 0.3 is 5.97 Å². The Bertz CT molecular complexity index is 1900. The van der Waals surface area contributed by atoms with Gasteiger partial charge in [-0.05, 0) is 60.5 Å². The van der Waals surface area contributed by atoms with Crippen LogP contribution in [0, 0.1) is 12.7 Å². The number of thiophene rings is 1. The minimum absolute atomic E-state index is 0.0133. The van der Waals surface area contributed by atoms with E-state index in [0.717, 1.165) is 59.9 Å². The third-order valence-electron chi connectivity index (χ3n) is 8.50. The SMILES string of the molecule is Cc1c(-c2c(-c3ccc(F)cc3)sc3ncnc(N[C@H](Cc4ccccc4O)C(=O)O)c23)ccc(OCCN2CCN(C)CC2)c1Cl. The number of nitrogens with zero attached hydrogens (tertiary/aromatic N) is 4. The van der Waals surface area contributed by atoms with Crippen LogP contribution in [0.15, 0.2) is 67.0 Å². The molecule has 0 spiro atoms. The van der Waals surface area contributed by atoms with Gasteiger partial charge in [-0.2, -0.15) is 0 Å². The molecule has 1 aliphatic heterocycles. The fourth-order valence-corrected chi connectivity index (χ4v) is 7.15. The summed E-state index contributed by atoms with van der Waals surface area (Å²) in [5.41, 5.74) is 3.56. The van der Waals surface area contributed by atoms with Crippen LogP contribution in [0.2, 0.25) is 5.02 Å². The topological polar surface area (TPSA) is 111 Å². The van der Waals surface area contributed by atoms with E-state index in [1.807, 2.05) is 19.1 Å². The Morgan fingerprint density at radius 1 is 1.09 bits per heavy atom. The largest absolute Gasteiger partial charge is 0.508 e. The second kappa shape index (κ2) is 14.2. The first-order chi connectivity index (χ1) is 22.7. The Morgan fingerprint density at radius 2 is 1.83 bits per heavy atom. The van der Waals surface area contributed by atoms with E-state index in [0.29, 0.717) is 39.0 Å². The summed E-state index contributed by atoms with van der Waals surface area (Å²) in [5, 5.41) is 24.7. The van der Waals surface area contributed by atoms with Gasteiger partial charge < -0.3 is 25.2 Å². The van der Waals surface area contributed by atoms with Crippen molar-refractivity contribution in [2.75, 3.05) is 51.7 Å². The summed E-state index contributed by atoms with van der Waals surface area (Å²) in [6.07, 6.45) is 1.40. The van der Waals surface area contributed by atoms with E-state index in [2.05, 4.69) is 32.1 Å². The number of ether oxygens (including phenoxy) is 1. The zero-order valence-electron chi connectivity index (χ0n) is 26.0. The second-order valence-corrected chi connectivity index (χ2v) is 13.0. The summed E-state index contributed by atoms with van der Waals surface area (Å²) in [6, 6.07) is 15.5. The Morgan fingerprint density at radius 3 is 2.55 bits per heavy atom. The lowest BCUT2D eigenvalue weighted by molar-refractivity contribution is -0.137. The predicted molar refractivity (Wildman–Crippen MR) is 184 cm³/mol. The number of carbonyl (C=O) groups is 1. The first-order valence-electron chi connectivity index (χ1n) is 15.3. The molecule has 3 N–H and O–H groups in total. The number of halogens is 2. The van der Waals surface area contributed by atoms with Gasteiger partial charge in [-0.1, -0.05) is 48.0 Å². The number of anilines is 1. The highest BCUT2D eigenvalue weighted by Gasteiger charge is 2.26. The van der Waals surface area contributed by atoms with E-state index in [4.69, 9.17) is 16.3 Å². The van der Waals surface area contributed by atoms with Gasteiger partial charge in [0.25, 0.3) is 0 Å². The number of nitrogens with one attached hydrogen (secondary N) is 1. The number of aromatic nitrogens is 2. The third-order valence-corrected chi connectivity index (χ3v) is 10.1. The molecule has 9 nitrogen and oxygen atoms in total. The summed E-state index contributed by atoms with van der Waals surface area (Å²) in [6.45, 7) is 7.27. The van der Waals surface area contributed by atoms with Crippen LogP contribution in [0.4, 0.5) is 10.2 Å². The molecule has 47 heavy (non-hydrogen) atoms. The van der Waals surface area contributed by atoms with E-state index in [1.165, 1.54) is 35.9 Å². The number of hydrogen-bond donors (Lipinski definition) is 3. The fourth-order valence-electron chi connectivity index (χ4n) is 5.77. The van der Waals surface area contributed by atoms with Crippen LogP contribution in [0.1, 0.15) is 11.1 Å². The number of carboxylic acid groups (broad SMARTS) is 1. The van der Waals surface area contributed by atoms with E-state index in [1.54, 1.807) is 30.3 Å². The van der Waals surface area contributed by atoms with Crippen LogP contribution in [0.3, 0.4) is 0 Å². The maximum absolute atomic E-state index is 14.0. The van der Waals surface area contributed by atoms with Crippen molar-refractivity contribution in [3.8, 4) is 33.1 Å². The molecule has 0 saturated carbocycles. The average molecular weight is 676 g/mol. The normalized spacial score (nSPS) is 14.7. The lowest BCUT2D eigenvalue weighted by Gasteiger charge is -2.32. The summed E-state index contributed by atoms with van der Waals surface area (Å²) < 4.78 is 20.1. The highest BCUT2D eigenvalue weighted by Crippen LogP contribution is 2.49. The van der Waals surface area contributed by atoms with Gasteiger partial charge in [-0.3, -0.25) is 4.90 Å². The molecule has 2 aromatic heterocycles. The molecule has 6 rings (SSSR count). The minimum Gasteiger partial charge on any atom is -0.508 e. The molecule has 0 unspecified atom stereocenters. The highest BCUT2D eigenvalue weighted by atomic mass is 35.5. The first-order valence-corrected chi connectivity index (χ1v) is 16.5. The first kappa shape index (κ1) is 32.6. The molecule has 244 valence electrons. The van der Waals surface area contributed by atoms with Crippen molar-refractivity contribution in [3.05, 3.63) is 89.0 Å². The summed E-state index contributed by atoms with van der Waals surface area (Å²) in [4.78, 5) is 27.6. The van der Waals surface area contributed by atoms with Crippen LogP contribution < -0.4 is 10.1 Å². The van der Waals surface area contributed by atoms with Crippen molar-refractivity contribution in [3.63, 3.8) is 0 Å². The molecule has 1 aliphatic rings. The van der Waals surface area contributed by atoms with Crippen LogP contribution in [-0.2, 0) is 11.2 Å². The lowest BCUT2D eigenvalue weighted by atomic mass is 9.95. The van der Waals surface area contributed by atoms with Crippen molar-refractivity contribution in [2.45, 2.75) is 19.4 Å². The van der Waals surface area contributed by atoms with Gasteiger partial charge in [0.05, 0.1) is 10.4 Å². The van der Waals surface area contributed by atoms with Crippen molar-refractivity contribution in [2.24, 2.45) is 0 Å². The number of likely N-dealkylation sites (N-methyl/N-ethyl adjacent to an activating group) is 1. The third kappa shape index (κ3) is 7.18. The van der Waals surface area contributed by atoms with E-state index >= 15 is 0 Å². The Kier molecular flexibility index (Phi) is 9.88. The van der Waals surface area contributed by atoms with Gasteiger partial charge in [0, 0.05) is 49.6 Å². The lowest BCUT2D eigenvalue weighted by Crippen LogP contribution is -2.45. The Hall–Kier alpha value is -4.29. The number of phenolic OH excluding ortho intramolecular Hbond substituents is 1. The zero-order valence-corrected chi connectivity index (χ0v) is 27.6. The molecule has 3 aromatic carbocycles. The Balaban J connectivity index is 1.39. The molecule has 1 atom stereocenters. The number of piperazine rings is 1. The number of carboxylic acids is 1. The van der Waals surface area contributed by atoms with Crippen molar-refractivity contribution < 1.29 is 24.1 Å². The molecule has 0 bridgehead atoms. The number of aliphatic carboxylic acids is 1. The molecular weight excluding hydrogens is 641 g/mol. The quantitative estimate of drug-likeness (QED) is 0.143. The maximum Gasteiger partial charge on any atom is 0.326 e. The van der Waals surface area contributed by atoms with Crippen LogP contribution in [-0.4, -0.2) is 88.4 Å². The molecule has 3 heterocycles. The van der Waals surface area contributed by atoms with Gasteiger partial charge in [0.1, 0.15) is 46.9 Å². The molecule has 0 amide bonds. The van der Waals surface area contributed by atoms with Gasteiger partial charge in [0.2, 0.25) is 0 Å². The highest BCUT2D eigenvalue weighted by molar-refractivity contribution is 7.22. The van der Waals surface area contributed by atoms with Crippen molar-refractivity contribution in [1.82, 2.24) is 19.8 Å². The van der Waals surface area contributed by atoms with Crippen LogP contribution in [0.5, 0.6) is 11.5 Å². The van der Waals surface area contributed by atoms with Crippen molar-refractivity contribution >= 4 is 44.9 Å². The number of phenols is 1. The smallest absolute Gasteiger partial charge is 0.326 e. The molecule has 5 aromatic rings. The van der Waals surface area contributed by atoms with Gasteiger partial charge in [0.15, 0.2) is 0 Å². The molecule has 0 aliphatic carbocycles. The zero-order chi connectivity index (χ0) is 33.1. The van der Waals surface area contributed by atoms with Crippen molar-refractivity contribution in [1.29, 1.82) is 0 Å². The van der Waals surface area contributed by atoms with Crippen LogP contribution >= 0.6 is 22.9 Å². The standard InChI is InChI=1S/C35H35ClFN5O4S/c1-21-25(11-12-28(31(21)36)46-18-17-42-15-13-41(2)14-16-42)29-30-33(40-26(35(44)45)19-23-5-3-4-6-27(23)43)38-20-39-34(30)47-32(29)22-7-9-24(37)10-8-22/h3-12,20,26,43H,13-19H2,1-2H3,(H,44,45)(H,38,39,40)/t26-/m1/s1. The van der Waals surface area contributed by atoms with Gasteiger partial charge in [-0.25, -0.2) is 19.2 Å². The summed E-state index contributed by atoms with van der Waals surface area (Å²) >= 11 is 8.36. The molecule has 1 saturated heterocycles. The van der Waals surface area contributed by atoms with Gasteiger partial charge in [-0.15, -0.1) is 11.3 Å². The predicted octanol–water partition coefficient (Wildman–Crippen LogP) is 6.57. The molecule has 0 radical (unpaired) electrons. The number of rotatable bonds is 11.